The monoisotopic (exact) mass is 208 g/mol. The highest BCUT2D eigenvalue weighted by molar-refractivity contribution is 7.99. The number of carbonyl (C=O) groups is 1. The number of carbonyl (C=O) groups excluding carboxylic acids is 1. The van der Waals surface area contributed by atoms with E-state index in [0.717, 1.165) is 0 Å². The van der Waals surface area contributed by atoms with E-state index in [4.69, 9.17) is 11.1 Å². The van der Waals surface area contributed by atoms with Crippen molar-refractivity contribution in [2.45, 2.75) is 5.03 Å². The maximum absolute atomic E-state index is 10.8. The Morgan fingerprint density at radius 2 is 2.57 bits per heavy atom. The van der Waals surface area contributed by atoms with Gasteiger partial charge in [-0.2, -0.15) is 5.26 Å². The lowest BCUT2D eigenvalue weighted by molar-refractivity contribution is -0.118. The fourth-order valence-electron chi connectivity index (χ4n) is 0.767. The molecule has 0 saturated heterocycles. The zero-order chi connectivity index (χ0) is 10.4. The number of nitrogens with one attached hydrogen (secondary N) is 1. The van der Waals surface area contributed by atoms with Gasteiger partial charge in [-0.25, -0.2) is 10.8 Å². The van der Waals surface area contributed by atoms with Crippen LogP contribution in [0, 0.1) is 11.3 Å². The van der Waals surface area contributed by atoms with Gasteiger partial charge in [0.05, 0.1) is 11.3 Å². The van der Waals surface area contributed by atoms with Crippen molar-refractivity contribution in [1.29, 1.82) is 5.26 Å². The SMILES string of the molecule is N#Cc1cccnc1SCC(=O)NN. The highest BCUT2D eigenvalue weighted by Gasteiger charge is 2.05. The first-order valence-corrected chi connectivity index (χ1v) is 4.74. The molecular weight excluding hydrogens is 200 g/mol. The van der Waals surface area contributed by atoms with Crippen molar-refractivity contribution in [2.75, 3.05) is 5.75 Å². The Morgan fingerprint density at radius 1 is 1.79 bits per heavy atom. The Labute approximate surface area is 85.3 Å². The van der Waals surface area contributed by atoms with E-state index in [1.807, 2.05) is 11.5 Å². The third-order valence-electron chi connectivity index (χ3n) is 1.39. The predicted molar refractivity (Wildman–Crippen MR) is 52.0 cm³/mol. The second-order valence-electron chi connectivity index (χ2n) is 2.32. The van der Waals surface area contributed by atoms with E-state index in [0.29, 0.717) is 10.6 Å². The highest BCUT2D eigenvalue weighted by atomic mass is 32.2. The Morgan fingerprint density at radius 3 is 3.21 bits per heavy atom. The average molecular weight is 208 g/mol. The molecule has 0 bridgehead atoms. The average Bonchev–Trinajstić information content (AvgIpc) is 2.26. The fraction of sp³-hybridized carbons (Fsp3) is 0.125. The number of hydrogen-bond donors (Lipinski definition) is 2. The van der Waals surface area contributed by atoms with E-state index >= 15 is 0 Å². The standard InChI is InChI=1S/C8H8N4OS/c9-4-6-2-1-3-11-8(6)14-5-7(13)12-10/h1-3H,5,10H2,(H,12,13). The van der Waals surface area contributed by atoms with Crippen LogP contribution in [0.25, 0.3) is 0 Å². The molecule has 1 aromatic heterocycles. The summed E-state index contributed by atoms with van der Waals surface area (Å²) >= 11 is 1.18. The lowest BCUT2D eigenvalue weighted by Gasteiger charge is -2.00. The molecule has 0 spiro atoms. The van der Waals surface area contributed by atoms with Crippen molar-refractivity contribution in [3.8, 4) is 6.07 Å². The van der Waals surface area contributed by atoms with Gasteiger partial charge in [-0.3, -0.25) is 10.2 Å². The van der Waals surface area contributed by atoms with Crippen molar-refractivity contribution >= 4 is 17.7 Å². The van der Waals surface area contributed by atoms with Gasteiger partial charge in [-0.1, -0.05) is 11.8 Å². The van der Waals surface area contributed by atoms with Gasteiger partial charge >= 0.3 is 0 Å². The molecule has 0 atom stereocenters. The molecule has 0 aromatic carbocycles. The summed E-state index contributed by atoms with van der Waals surface area (Å²) in [4.78, 5) is 14.8. The minimum atomic E-state index is -0.301. The van der Waals surface area contributed by atoms with Crippen molar-refractivity contribution in [3.63, 3.8) is 0 Å². The summed E-state index contributed by atoms with van der Waals surface area (Å²) in [7, 11) is 0. The molecule has 0 radical (unpaired) electrons. The van der Waals surface area contributed by atoms with Crippen LogP contribution in [-0.4, -0.2) is 16.6 Å². The smallest absolute Gasteiger partial charge is 0.244 e. The summed E-state index contributed by atoms with van der Waals surface area (Å²) in [6.07, 6.45) is 1.57. The minimum Gasteiger partial charge on any atom is -0.294 e. The number of nitrogens with two attached hydrogens (primary N) is 1. The maximum Gasteiger partial charge on any atom is 0.244 e. The molecule has 0 saturated carbocycles. The van der Waals surface area contributed by atoms with Crippen LogP contribution in [0.1, 0.15) is 5.56 Å². The van der Waals surface area contributed by atoms with Gasteiger partial charge in [0, 0.05) is 6.20 Å². The minimum absolute atomic E-state index is 0.155. The molecule has 0 aliphatic heterocycles. The van der Waals surface area contributed by atoms with Crippen LogP contribution in [0.4, 0.5) is 0 Å². The van der Waals surface area contributed by atoms with Crippen molar-refractivity contribution in [1.82, 2.24) is 10.4 Å². The van der Waals surface area contributed by atoms with E-state index in [1.54, 1.807) is 18.3 Å². The molecule has 3 N–H and O–H groups in total. The van der Waals surface area contributed by atoms with E-state index < -0.39 is 0 Å². The quantitative estimate of drug-likeness (QED) is 0.316. The number of aromatic nitrogens is 1. The van der Waals surface area contributed by atoms with Crippen molar-refractivity contribution < 1.29 is 4.79 Å². The van der Waals surface area contributed by atoms with Gasteiger partial charge < -0.3 is 0 Å². The van der Waals surface area contributed by atoms with E-state index in [-0.39, 0.29) is 11.7 Å². The second kappa shape index (κ2) is 5.21. The largest absolute Gasteiger partial charge is 0.294 e. The number of rotatable bonds is 3. The fourth-order valence-corrected chi connectivity index (χ4v) is 1.52. The summed E-state index contributed by atoms with van der Waals surface area (Å²) in [6, 6.07) is 5.31. The molecule has 72 valence electrons. The van der Waals surface area contributed by atoms with Gasteiger partial charge in [0.2, 0.25) is 5.91 Å². The molecule has 1 aromatic rings. The summed E-state index contributed by atoms with van der Waals surface area (Å²) in [5.41, 5.74) is 2.46. The van der Waals surface area contributed by atoms with Crippen LogP contribution in [0.3, 0.4) is 0 Å². The molecule has 0 aliphatic rings. The molecule has 5 nitrogen and oxygen atoms in total. The summed E-state index contributed by atoms with van der Waals surface area (Å²) in [6.45, 7) is 0. The van der Waals surface area contributed by atoms with Crippen LogP contribution in [-0.2, 0) is 4.79 Å². The van der Waals surface area contributed by atoms with Crippen LogP contribution in [0.5, 0.6) is 0 Å². The number of amides is 1. The number of hydrogen-bond acceptors (Lipinski definition) is 5. The van der Waals surface area contributed by atoms with Crippen LogP contribution >= 0.6 is 11.8 Å². The molecule has 6 heteroatoms. The first-order chi connectivity index (χ1) is 6.77. The van der Waals surface area contributed by atoms with Gasteiger partial charge in [0.25, 0.3) is 0 Å². The summed E-state index contributed by atoms with van der Waals surface area (Å²) < 4.78 is 0. The third-order valence-corrected chi connectivity index (χ3v) is 2.40. The lowest BCUT2D eigenvalue weighted by Crippen LogP contribution is -2.31. The second-order valence-corrected chi connectivity index (χ2v) is 3.29. The number of nitriles is 1. The first-order valence-electron chi connectivity index (χ1n) is 3.75. The zero-order valence-corrected chi connectivity index (χ0v) is 8.04. The normalized spacial score (nSPS) is 9.14. The highest BCUT2D eigenvalue weighted by Crippen LogP contribution is 2.18. The van der Waals surface area contributed by atoms with Crippen LogP contribution in [0.2, 0.25) is 0 Å². The van der Waals surface area contributed by atoms with Crippen molar-refractivity contribution in [3.05, 3.63) is 23.9 Å². The van der Waals surface area contributed by atoms with Crippen LogP contribution < -0.4 is 11.3 Å². The number of pyridine rings is 1. The van der Waals surface area contributed by atoms with E-state index in [9.17, 15) is 4.79 Å². The number of hydrazine groups is 1. The first kappa shape index (κ1) is 10.5. The molecule has 14 heavy (non-hydrogen) atoms. The molecule has 1 amide bonds. The van der Waals surface area contributed by atoms with Gasteiger partial charge in [0.15, 0.2) is 0 Å². The molecule has 1 rings (SSSR count). The van der Waals surface area contributed by atoms with Gasteiger partial charge in [-0.05, 0) is 12.1 Å². The lowest BCUT2D eigenvalue weighted by atomic mass is 10.3. The Bertz CT molecular complexity index is 374. The van der Waals surface area contributed by atoms with Crippen molar-refractivity contribution in [2.24, 2.45) is 5.84 Å². The third kappa shape index (κ3) is 2.73. The summed E-state index contributed by atoms with van der Waals surface area (Å²) in [5.74, 6) is 4.76. The molecule has 1 heterocycles. The molecule has 0 fully saturated rings. The number of nitrogens with zero attached hydrogens (tertiary/aromatic N) is 2. The van der Waals surface area contributed by atoms with E-state index in [2.05, 4.69) is 4.98 Å². The molecule has 0 aliphatic carbocycles. The molecular formula is C8H8N4OS. The topological polar surface area (TPSA) is 91.8 Å². The Kier molecular flexibility index (Phi) is 3.91. The summed E-state index contributed by atoms with van der Waals surface area (Å²) in [5, 5.41) is 9.25. The predicted octanol–water partition coefficient (Wildman–Crippen LogP) is 0.0353. The Hall–Kier alpha value is -1.58. The maximum atomic E-state index is 10.8. The molecule has 0 unspecified atom stereocenters. The van der Waals surface area contributed by atoms with E-state index in [1.165, 1.54) is 11.8 Å². The Balaban J connectivity index is 2.68. The van der Waals surface area contributed by atoms with Gasteiger partial charge in [0.1, 0.15) is 11.1 Å². The zero-order valence-electron chi connectivity index (χ0n) is 7.23. The number of thioether (sulfide) groups is 1. The van der Waals surface area contributed by atoms with Gasteiger partial charge in [-0.15, -0.1) is 0 Å². The van der Waals surface area contributed by atoms with Crippen LogP contribution in [0.15, 0.2) is 23.4 Å².